The van der Waals surface area contributed by atoms with Crippen molar-refractivity contribution in [2.75, 3.05) is 0 Å². The maximum absolute atomic E-state index is 10.0. The Bertz CT molecular complexity index is 399. The number of halogens is 2. The van der Waals surface area contributed by atoms with Gasteiger partial charge in [0.25, 0.3) is 0 Å². The lowest BCUT2D eigenvalue weighted by Gasteiger charge is -2.38. The van der Waals surface area contributed by atoms with E-state index in [1.54, 1.807) is 13.8 Å². The summed E-state index contributed by atoms with van der Waals surface area (Å²) in [7, 11) is 0. The van der Waals surface area contributed by atoms with Crippen molar-refractivity contribution < 1.29 is 5.11 Å². The fraction of sp³-hybridized carbons (Fsp3) is 0.538. The third-order valence-corrected chi connectivity index (χ3v) is 4.46. The molecule has 1 aromatic rings. The van der Waals surface area contributed by atoms with E-state index in [0.29, 0.717) is 11.6 Å². The molecule has 0 aliphatic rings. The Balaban J connectivity index is 2.71. The third-order valence-electron chi connectivity index (χ3n) is 3.25. The zero-order chi connectivity index (χ0) is 13.3. The molecule has 0 amide bonds. The first-order valence-electron chi connectivity index (χ1n) is 5.55. The number of hydrogen-bond acceptors (Lipinski definition) is 2. The maximum atomic E-state index is 10.0. The Morgan fingerprint density at radius 1 is 1.29 bits per heavy atom. The monoisotopic (exact) mass is 319 g/mol. The van der Waals surface area contributed by atoms with Gasteiger partial charge in [0, 0.05) is 16.6 Å². The van der Waals surface area contributed by atoms with Crippen LogP contribution in [-0.4, -0.2) is 16.2 Å². The predicted octanol–water partition coefficient (Wildman–Crippen LogP) is 3.74. The fourth-order valence-corrected chi connectivity index (χ4v) is 1.73. The molecule has 2 N–H and O–H groups in total. The van der Waals surface area contributed by atoms with E-state index in [2.05, 4.69) is 21.2 Å². The minimum atomic E-state index is -0.781. The molecule has 96 valence electrons. The first kappa shape index (κ1) is 15.0. The molecule has 0 bridgehead atoms. The van der Waals surface area contributed by atoms with Crippen LogP contribution in [0.3, 0.4) is 0 Å². The highest BCUT2D eigenvalue weighted by molar-refractivity contribution is 9.10. The molecule has 0 aromatic heterocycles. The molecular weight excluding hydrogens is 302 g/mol. The normalized spacial score (nSPS) is 12.9. The molecule has 1 aromatic carbocycles. The summed E-state index contributed by atoms with van der Waals surface area (Å²) >= 11 is 9.33. The molecule has 0 unspecified atom stereocenters. The third kappa shape index (κ3) is 3.95. The zero-order valence-corrected chi connectivity index (χ0v) is 13.0. The van der Waals surface area contributed by atoms with Gasteiger partial charge in [-0.15, -0.1) is 0 Å². The van der Waals surface area contributed by atoms with Crippen LogP contribution in [0.2, 0.25) is 5.02 Å². The maximum Gasteiger partial charge on any atom is 0.0767 e. The van der Waals surface area contributed by atoms with Crippen molar-refractivity contribution in [3.8, 4) is 0 Å². The molecular formula is C13H19BrClNO. The van der Waals surface area contributed by atoms with Gasteiger partial charge in [0.1, 0.15) is 0 Å². The van der Waals surface area contributed by atoms with Crippen molar-refractivity contribution in [1.82, 2.24) is 5.32 Å². The summed E-state index contributed by atoms with van der Waals surface area (Å²) in [5.74, 6) is 0. The van der Waals surface area contributed by atoms with Crippen molar-refractivity contribution in [2.45, 2.75) is 45.4 Å². The summed E-state index contributed by atoms with van der Waals surface area (Å²) in [6.45, 7) is 8.26. The molecule has 4 heteroatoms. The van der Waals surface area contributed by atoms with Gasteiger partial charge in [0.15, 0.2) is 0 Å². The van der Waals surface area contributed by atoms with Crippen LogP contribution in [0.5, 0.6) is 0 Å². The highest BCUT2D eigenvalue weighted by Crippen LogP contribution is 2.25. The minimum Gasteiger partial charge on any atom is -0.389 e. The van der Waals surface area contributed by atoms with Gasteiger partial charge in [-0.05, 0) is 61.3 Å². The number of aliphatic hydroxyl groups is 1. The molecule has 2 nitrogen and oxygen atoms in total. The lowest BCUT2D eigenvalue weighted by atomic mass is 9.86. The van der Waals surface area contributed by atoms with Crippen LogP contribution in [0, 0.1) is 0 Å². The standard InChI is InChI=1S/C13H19BrClNO/c1-12(2,13(3,4)17)16-8-9-5-6-11(15)10(14)7-9/h5-7,16-17H,8H2,1-4H3. The van der Waals surface area contributed by atoms with Gasteiger partial charge < -0.3 is 10.4 Å². The quantitative estimate of drug-likeness (QED) is 0.885. The molecule has 0 saturated heterocycles. The summed E-state index contributed by atoms with van der Waals surface area (Å²) in [4.78, 5) is 0. The predicted molar refractivity (Wildman–Crippen MR) is 76.4 cm³/mol. The van der Waals surface area contributed by atoms with Gasteiger partial charge in [-0.3, -0.25) is 0 Å². The Labute approximate surface area is 117 Å². The number of rotatable bonds is 4. The van der Waals surface area contributed by atoms with Crippen LogP contribution >= 0.6 is 27.5 Å². The van der Waals surface area contributed by atoms with Gasteiger partial charge in [-0.25, -0.2) is 0 Å². The van der Waals surface area contributed by atoms with Crippen molar-refractivity contribution in [1.29, 1.82) is 0 Å². The summed E-state index contributed by atoms with van der Waals surface area (Å²) in [5, 5.41) is 14.1. The average molecular weight is 321 g/mol. The van der Waals surface area contributed by atoms with E-state index in [9.17, 15) is 5.11 Å². The van der Waals surface area contributed by atoms with Crippen molar-refractivity contribution in [3.05, 3.63) is 33.3 Å². The highest BCUT2D eigenvalue weighted by Gasteiger charge is 2.34. The van der Waals surface area contributed by atoms with Crippen molar-refractivity contribution in [2.24, 2.45) is 0 Å². The molecule has 1 rings (SSSR count). The second-order valence-corrected chi connectivity index (χ2v) is 6.55. The van der Waals surface area contributed by atoms with Crippen molar-refractivity contribution in [3.63, 3.8) is 0 Å². The van der Waals surface area contributed by atoms with Crippen LogP contribution in [0.15, 0.2) is 22.7 Å². The average Bonchev–Trinajstić information content (AvgIpc) is 2.18. The van der Waals surface area contributed by atoms with E-state index in [-0.39, 0.29) is 5.54 Å². The molecule has 17 heavy (non-hydrogen) atoms. The largest absolute Gasteiger partial charge is 0.389 e. The Morgan fingerprint density at radius 2 is 1.88 bits per heavy atom. The van der Waals surface area contributed by atoms with E-state index in [0.717, 1.165) is 10.0 Å². The van der Waals surface area contributed by atoms with Gasteiger partial charge in [-0.2, -0.15) is 0 Å². The lowest BCUT2D eigenvalue weighted by molar-refractivity contribution is -0.00531. The van der Waals surface area contributed by atoms with Gasteiger partial charge in [0.2, 0.25) is 0 Å². The second-order valence-electron chi connectivity index (χ2n) is 5.29. The number of hydrogen-bond donors (Lipinski definition) is 2. The second kappa shape index (κ2) is 5.27. The van der Waals surface area contributed by atoms with Crippen LogP contribution in [0.1, 0.15) is 33.3 Å². The van der Waals surface area contributed by atoms with Crippen LogP contribution < -0.4 is 5.32 Å². The molecule has 0 spiro atoms. The molecule has 0 saturated carbocycles. The Hall–Kier alpha value is -0.0900. The van der Waals surface area contributed by atoms with E-state index in [4.69, 9.17) is 11.6 Å². The fourth-order valence-electron chi connectivity index (χ4n) is 1.19. The topological polar surface area (TPSA) is 32.3 Å². The summed E-state index contributed by atoms with van der Waals surface area (Å²) in [6, 6.07) is 5.82. The zero-order valence-electron chi connectivity index (χ0n) is 10.6. The summed E-state index contributed by atoms with van der Waals surface area (Å²) in [5.41, 5.74) is -0.0194. The van der Waals surface area contributed by atoms with E-state index in [1.807, 2.05) is 32.0 Å². The van der Waals surface area contributed by atoms with Crippen molar-refractivity contribution >= 4 is 27.5 Å². The SMILES string of the molecule is CC(C)(O)C(C)(C)NCc1ccc(Cl)c(Br)c1. The number of benzene rings is 1. The summed E-state index contributed by atoms with van der Waals surface area (Å²) in [6.07, 6.45) is 0. The molecule has 0 aliphatic carbocycles. The molecule has 0 radical (unpaired) electrons. The Morgan fingerprint density at radius 3 is 2.35 bits per heavy atom. The van der Waals surface area contributed by atoms with E-state index in [1.165, 1.54) is 0 Å². The Kier molecular flexibility index (Phi) is 4.64. The molecule has 0 fully saturated rings. The van der Waals surface area contributed by atoms with Crippen LogP contribution in [0.4, 0.5) is 0 Å². The van der Waals surface area contributed by atoms with E-state index >= 15 is 0 Å². The molecule has 0 atom stereocenters. The summed E-state index contributed by atoms with van der Waals surface area (Å²) < 4.78 is 0.888. The number of nitrogens with one attached hydrogen (secondary N) is 1. The molecule has 0 aliphatic heterocycles. The lowest BCUT2D eigenvalue weighted by Crippen LogP contribution is -2.55. The van der Waals surface area contributed by atoms with Crippen LogP contribution in [0.25, 0.3) is 0 Å². The minimum absolute atomic E-state index is 0.362. The first-order chi connectivity index (χ1) is 7.63. The van der Waals surface area contributed by atoms with Crippen LogP contribution in [-0.2, 0) is 6.54 Å². The van der Waals surface area contributed by atoms with E-state index < -0.39 is 5.60 Å². The first-order valence-corrected chi connectivity index (χ1v) is 6.72. The van der Waals surface area contributed by atoms with Gasteiger partial charge in [0.05, 0.1) is 10.6 Å². The van der Waals surface area contributed by atoms with Gasteiger partial charge in [-0.1, -0.05) is 17.7 Å². The van der Waals surface area contributed by atoms with Gasteiger partial charge >= 0.3 is 0 Å². The smallest absolute Gasteiger partial charge is 0.0767 e. The highest BCUT2D eigenvalue weighted by atomic mass is 79.9. The molecule has 0 heterocycles.